The molecule has 0 saturated heterocycles. The van der Waals surface area contributed by atoms with Crippen LogP contribution in [0.2, 0.25) is 0 Å². The monoisotopic (exact) mass is 360 g/mol. The molecule has 7 heteroatoms. The summed E-state index contributed by atoms with van der Waals surface area (Å²) in [4.78, 5) is 4.24. The van der Waals surface area contributed by atoms with Gasteiger partial charge < -0.3 is 10.6 Å². The summed E-state index contributed by atoms with van der Waals surface area (Å²) in [5, 5.41) is 6.67. The van der Waals surface area contributed by atoms with Gasteiger partial charge in [0.1, 0.15) is 0 Å². The molecule has 1 aliphatic rings. The standard InChI is InChI=1S/C17H36N4O2S/c1-4-24(22,23)20-14-8-13-19-17(18-3)21-15(2)11-12-16-9-6-5-7-10-16/h15-16,20H,4-14H2,1-3H3,(H2,18,19,21). The first kappa shape index (κ1) is 21.2. The van der Waals surface area contributed by atoms with Crippen molar-refractivity contribution in [2.45, 2.75) is 71.3 Å². The molecule has 1 saturated carbocycles. The molecule has 1 aliphatic carbocycles. The molecule has 0 bridgehead atoms. The highest BCUT2D eigenvalue weighted by atomic mass is 32.2. The Morgan fingerprint density at radius 1 is 1.21 bits per heavy atom. The van der Waals surface area contributed by atoms with E-state index in [1.165, 1.54) is 44.9 Å². The first-order chi connectivity index (χ1) is 11.5. The van der Waals surface area contributed by atoms with Gasteiger partial charge in [0.15, 0.2) is 5.96 Å². The molecule has 0 aromatic rings. The topological polar surface area (TPSA) is 82.6 Å². The molecular formula is C17H36N4O2S. The Balaban J connectivity index is 2.14. The normalized spacial score (nSPS) is 18.4. The lowest BCUT2D eigenvalue weighted by atomic mass is 9.85. The van der Waals surface area contributed by atoms with Gasteiger partial charge >= 0.3 is 0 Å². The lowest BCUT2D eigenvalue weighted by molar-refractivity contribution is 0.322. The molecule has 0 aromatic carbocycles. The number of nitrogens with zero attached hydrogens (tertiary/aromatic N) is 1. The molecule has 1 rings (SSSR count). The number of sulfonamides is 1. The molecule has 6 nitrogen and oxygen atoms in total. The highest BCUT2D eigenvalue weighted by Gasteiger charge is 2.15. The molecule has 1 unspecified atom stereocenters. The molecule has 0 aliphatic heterocycles. The van der Waals surface area contributed by atoms with E-state index in [0.29, 0.717) is 19.1 Å². The van der Waals surface area contributed by atoms with Gasteiger partial charge in [-0.2, -0.15) is 0 Å². The van der Waals surface area contributed by atoms with Crippen molar-refractivity contribution in [2.75, 3.05) is 25.9 Å². The van der Waals surface area contributed by atoms with E-state index in [1.807, 2.05) is 0 Å². The number of rotatable bonds is 10. The second-order valence-electron chi connectivity index (χ2n) is 6.78. The molecular weight excluding hydrogens is 324 g/mol. The summed E-state index contributed by atoms with van der Waals surface area (Å²) in [5.41, 5.74) is 0. The summed E-state index contributed by atoms with van der Waals surface area (Å²) in [7, 11) is -1.32. The lowest BCUT2D eigenvalue weighted by Gasteiger charge is -2.24. The summed E-state index contributed by atoms with van der Waals surface area (Å²) in [6, 6.07) is 0.400. The number of nitrogens with one attached hydrogen (secondary N) is 3. The average Bonchev–Trinajstić information content (AvgIpc) is 2.59. The third kappa shape index (κ3) is 9.47. The van der Waals surface area contributed by atoms with E-state index in [-0.39, 0.29) is 5.75 Å². The van der Waals surface area contributed by atoms with Crippen LogP contribution in [0.3, 0.4) is 0 Å². The van der Waals surface area contributed by atoms with Gasteiger partial charge in [-0.1, -0.05) is 32.1 Å². The Morgan fingerprint density at radius 2 is 1.92 bits per heavy atom. The zero-order valence-electron chi connectivity index (χ0n) is 15.6. The summed E-state index contributed by atoms with van der Waals surface area (Å²) in [6.07, 6.45) is 10.2. The molecule has 3 N–H and O–H groups in total. The van der Waals surface area contributed by atoms with Crippen molar-refractivity contribution >= 4 is 16.0 Å². The predicted octanol–water partition coefficient (Wildman–Crippen LogP) is 2.23. The Kier molecular flexibility index (Phi) is 10.3. The highest BCUT2D eigenvalue weighted by Crippen LogP contribution is 2.27. The van der Waals surface area contributed by atoms with Gasteiger partial charge in [0.25, 0.3) is 0 Å². The zero-order chi connectivity index (χ0) is 17.8. The van der Waals surface area contributed by atoms with Crippen molar-refractivity contribution in [1.82, 2.24) is 15.4 Å². The van der Waals surface area contributed by atoms with E-state index in [1.54, 1.807) is 14.0 Å². The van der Waals surface area contributed by atoms with Gasteiger partial charge in [0.2, 0.25) is 10.0 Å². The maximum atomic E-state index is 11.3. The minimum Gasteiger partial charge on any atom is -0.356 e. The van der Waals surface area contributed by atoms with Crippen LogP contribution in [0.4, 0.5) is 0 Å². The van der Waals surface area contributed by atoms with Crippen LogP contribution < -0.4 is 15.4 Å². The third-order valence-electron chi connectivity index (χ3n) is 4.69. The van der Waals surface area contributed by atoms with E-state index in [0.717, 1.165) is 18.3 Å². The van der Waals surface area contributed by atoms with Gasteiger partial charge in [-0.25, -0.2) is 13.1 Å². The number of hydrogen-bond acceptors (Lipinski definition) is 3. The van der Waals surface area contributed by atoms with Crippen LogP contribution in [-0.2, 0) is 10.0 Å². The van der Waals surface area contributed by atoms with Gasteiger partial charge in [0.05, 0.1) is 5.75 Å². The second kappa shape index (κ2) is 11.7. The summed E-state index contributed by atoms with van der Waals surface area (Å²) < 4.78 is 25.2. The summed E-state index contributed by atoms with van der Waals surface area (Å²) in [6.45, 7) is 4.99. The molecule has 0 amide bonds. The highest BCUT2D eigenvalue weighted by molar-refractivity contribution is 7.89. The van der Waals surface area contributed by atoms with Gasteiger partial charge in [-0.05, 0) is 39.0 Å². The van der Waals surface area contributed by atoms with Gasteiger partial charge in [-0.15, -0.1) is 0 Å². The van der Waals surface area contributed by atoms with Crippen LogP contribution >= 0.6 is 0 Å². The van der Waals surface area contributed by atoms with E-state index < -0.39 is 10.0 Å². The average molecular weight is 361 g/mol. The van der Waals surface area contributed by atoms with Crippen molar-refractivity contribution in [2.24, 2.45) is 10.9 Å². The lowest BCUT2D eigenvalue weighted by Crippen LogP contribution is -2.43. The Bertz CT molecular complexity index is 459. The molecule has 0 aromatic heterocycles. The Hall–Kier alpha value is -0.820. The van der Waals surface area contributed by atoms with Crippen molar-refractivity contribution in [3.63, 3.8) is 0 Å². The molecule has 0 heterocycles. The number of aliphatic imine (C=N–C) groups is 1. The maximum Gasteiger partial charge on any atom is 0.211 e. The SMILES string of the molecule is CCS(=O)(=O)NCCCNC(=NC)NC(C)CCC1CCCCC1. The summed E-state index contributed by atoms with van der Waals surface area (Å²) >= 11 is 0. The van der Waals surface area contributed by atoms with E-state index in [2.05, 4.69) is 27.3 Å². The van der Waals surface area contributed by atoms with Crippen LogP contribution in [0.15, 0.2) is 4.99 Å². The number of hydrogen-bond donors (Lipinski definition) is 3. The predicted molar refractivity (Wildman–Crippen MR) is 102 cm³/mol. The maximum absolute atomic E-state index is 11.3. The van der Waals surface area contributed by atoms with Gasteiger partial charge in [0, 0.05) is 26.2 Å². The van der Waals surface area contributed by atoms with Crippen LogP contribution in [0.1, 0.15) is 65.2 Å². The largest absolute Gasteiger partial charge is 0.356 e. The summed E-state index contributed by atoms with van der Waals surface area (Å²) in [5.74, 6) is 1.83. The molecule has 1 fully saturated rings. The Labute approximate surface area is 148 Å². The molecule has 142 valence electrons. The second-order valence-corrected chi connectivity index (χ2v) is 8.87. The van der Waals surface area contributed by atoms with Crippen LogP contribution in [0.5, 0.6) is 0 Å². The minimum absolute atomic E-state index is 0.127. The molecule has 0 spiro atoms. The molecule has 1 atom stereocenters. The number of guanidine groups is 1. The smallest absolute Gasteiger partial charge is 0.211 e. The zero-order valence-corrected chi connectivity index (χ0v) is 16.4. The van der Waals surface area contributed by atoms with E-state index in [4.69, 9.17) is 0 Å². The minimum atomic E-state index is -3.09. The fraction of sp³-hybridized carbons (Fsp3) is 0.941. The van der Waals surface area contributed by atoms with Crippen LogP contribution in [0.25, 0.3) is 0 Å². The fourth-order valence-corrected chi connectivity index (χ4v) is 3.75. The first-order valence-electron chi connectivity index (χ1n) is 9.41. The third-order valence-corrected chi connectivity index (χ3v) is 6.09. The van der Waals surface area contributed by atoms with Crippen molar-refractivity contribution in [1.29, 1.82) is 0 Å². The van der Waals surface area contributed by atoms with Crippen molar-refractivity contribution in [3.05, 3.63) is 0 Å². The quantitative estimate of drug-likeness (QED) is 0.317. The molecule has 0 radical (unpaired) electrons. The van der Waals surface area contributed by atoms with Crippen molar-refractivity contribution in [3.8, 4) is 0 Å². The first-order valence-corrected chi connectivity index (χ1v) is 11.1. The Morgan fingerprint density at radius 3 is 2.54 bits per heavy atom. The van der Waals surface area contributed by atoms with Gasteiger partial charge in [-0.3, -0.25) is 4.99 Å². The van der Waals surface area contributed by atoms with E-state index >= 15 is 0 Å². The van der Waals surface area contributed by atoms with Crippen molar-refractivity contribution < 1.29 is 8.42 Å². The van der Waals surface area contributed by atoms with Crippen LogP contribution in [-0.4, -0.2) is 46.3 Å². The van der Waals surface area contributed by atoms with Crippen LogP contribution in [0, 0.1) is 5.92 Å². The molecule has 24 heavy (non-hydrogen) atoms. The fourth-order valence-electron chi connectivity index (χ4n) is 3.09. The van der Waals surface area contributed by atoms with E-state index in [9.17, 15) is 8.42 Å².